The van der Waals surface area contributed by atoms with Gasteiger partial charge < -0.3 is 5.11 Å². The van der Waals surface area contributed by atoms with Gasteiger partial charge in [0.25, 0.3) is 0 Å². The lowest BCUT2D eigenvalue weighted by atomic mass is 10.1. The molecule has 2 rings (SSSR count). The number of rotatable bonds is 2. The summed E-state index contributed by atoms with van der Waals surface area (Å²) < 4.78 is 2.51. The van der Waals surface area contributed by atoms with Gasteiger partial charge in [0.2, 0.25) is 0 Å². The van der Waals surface area contributed by atoms with E-state index >= 15 is 0 Å². The summed E-state index contributed by atoms with van der Waals surface area (Å²) in [4.78, 5) is 4.20. The van der Waals surface area contributed by atoms with E-state index in [-0.39, 0.29) is 0 Å². The Balaban J connectivity index is 2.52. The molecule has 0 amide bonds. The molecule has 1 N–H and O–H groups in total. The topological polar surface area (TPSA) is 50.9 Å². The first-order valence-corrected chi connectivity index (χ1v) is 5.31. The first kappa shape index (κ1) is 10.3. The molecule has 2 heterocycles. The maximum atomic E-state index is 9.58. The molecule has 0 bridgehead atoms. The summed E-state index contributed by atoms with van der Waals surface area (Å²) in [7, 11) is 0. The van der Waals surface area contributed by atoms with Crippen LogP contribution < -0.4 is 0 Å². The number of aromatic nitrogens is 3. The molecule has 15 heavy (non-hydrogen) atoms. The van der Waals surface area contributed by atoms with Gasteiger partial charge in [0.1, 0.15) is 0 Å². The van der Waals surface area contributed by atoms with Crippen molar-refractivity contribution in [3.05, 3.63) is 40.8 Å². The summed E-state index contributed by atoms with van der Waals surface area (Å²) in [5, 5.41) is 13.7. The van der Waals surface area contributed by atoms with Crippen molar-refractivity contribution in [2.24, 2.45) is 0 Å². The average molecular weight is 268 g/mol. The van der Waals surface area contributed by atoms with Crippen molar-refractivity contribution >= 4 is 15.9 Å². The van der Waals surface area contributed by atoms with Gasteiger partial charge >= 0.3 is 0 Å². The maximum Gasteiger partial charge on any atom is 0.159 e. The van der Waals surface area contributed by atoms with Crippen molar-refractivity contribution in [2.75, 3.05) is 0 Å². The Kier molecular flexibility index (Phi) is 2.83. The first-order valence-electron chi connectivity index (χ1n) is 4.52. The van der Waals surface area contributed by atoms with Gasteiger partial charge in [-0.2, -0.15) is 5.10 Å². The molecule has 2 aromatic rings. The molecule has 1 unspecified atom stereocenters. The lowest BCUT2D eigenvalue weighted by molar-refractivity contribution is 0.198. The number of aliphatic hydroxyl groups excluding tert-OH is 1. The molecule has 0 saturated carbocycles. The van der Waals surface area contributed by atoms with Crippen LogP contribution in [0.2, 0.25) is 0 Å². The highest BCUT2D eigenvalue weighted by Crippen LogP contribution is 2.19. The van der Waals surface area contributed by atoms with Crippen LogP contribution in [-0.4, -0.2) is 19.9 Å². The number of halogens is 1. The van der Waals surface area contributed by atoms with Crippen molar-refractivity contribution in [1.29, 1.82) is 0 Å². The Morgan fingerprint density at radius 2 is 2.33 bits per heavy atom. The third kappa shape index (κ3) is 2.08. The highest BCUT2D eigenvalue weighted by Gasteiger charge is 2.10. The minimum absolute atomic E-state index is 0.559. The van der Waals surface area contributed by atoms with Crippen LogP contribution in [0.5, 0.6) is 0 Å². The standard InChI is InChI=1S/C10H10BrN3O/c1-7(15)9-3-2-4-12-10(9)14-6-8(11)5-13-14/h2-7,15H,1H3. The van der Waals surface area contributed by atoms with E-state index in [0.717, 1.165) is 10.0 Å². The van der Waals surface area contributed by atoms with Gasteiger partial charge in [-0.25, -0.2) is 9.67 Å². The summed E-state index contributed by atoms with van der Waals surface area (Å²) in [5.41, 5.74) is 0.758. The van der Waals surface area contributed by atoms with Gasteiger partial charge in [0.15, 0.2) is 5.82 Å². The second-order valence-electron chi connectivity index (χ2n) is 3.20. The Labute approximate surface area is 95.7 Å². The molecule has 5 heteroatoms. The molecular weight excluding hydrogens is 258 g/mol. The largest absolute Gasteiger partial charge is 0.389 e. The molecule has 0 aromatic carbocycles. The lowest BCUT2D eigenvalue weighted by Crippen LogP contribution is -2.05. The first-order chi connectivity index (χ1) is 7.18. The van der Waals surface area contributed by atoms with Gasteiger partial charge in [-0.15, -0.1) is 0 Å². The zero-order valence-corrected chi connectivity index (χ0v) is 9.72. The van der Waals surface area contributed by atoms with Crippen LogP contribution in [0, 0.1) is 0 Å². The summed E-state index contributed by atoms with van der Waals surface area (Å²) in [6.07, 6.45) is 4.60. The molecule has 0 aliphatic carbocycles. The Bertz CT molecular complexity index is 467. The van der Waals surface area contributed by atoms with E-state index in [0.29, 0.717) is 5.82 Å². The van der Waals surface area contributed by atoms with Crippen LogP contribution >= 0.6 is 15.9 Å². The lowest BCUT2D eigenvalue weighted by Gasteiger charge is -2.09. The minimum atomic E-state index is -0.559. The van der Waals surface area contributed by atoms with E-state index in [2.05, 4.69) is 26.0 Å². The zero-order chi connectivity index (χ0) is 10.8. The van der Waals surface area contributed by atoms with Crippen LogP contribution in [0.25, 0.3) is 5.82 Å². The second-order valence-corrected chi connectivity index (χ2v) is 4.11. The normalized spacial score (nSPS) is 12.7. The molecule has 0 saturated heterocycles. The van der Waals surface area contributed by atoms with E-state index in [1.165, 1.54) is 0 Å². The molecule has 1 atom stereocenters. The zero-order valence-electron chi connectivity index (χ0n) is 8.13. The van der Waals surface area contributed by atoms with Crippen molar-refractivity contribution in [3.8, 4) is 5.82 Å². The number of aliphatic hydroxyl groups is 1. The predicted octanol–water partition coefficient (Wildman–Crippen LogP) is 2.08. The van der Waals surface area contributed by atoms with E-state index in [9.17, 15) is 5.11 Å². The molecule has 2 aromatic heterocycles. The Morgan fingerprint density at radius 3 is 2.93 bits per heavy atom. The fourth-order valence-corrected chi connectivity index (χ4v) is 1.63. The summed E-state index contributed by atoms with van der Waals surface area (Å²) in [6, 6.07) is 3.63. The molecule has 0 spiro atoms. The highest BCUT2D eigenvalue weighted by molar-refractivity contribution is 9.10. The fraction of sp³-hybridized carbons (Fsp3) is 0.200. The van der Waals surface area contributed by atoms with E-state index in [1.54, 1.807) is 36.3 Å². The van der Waals surface area contributed by atoms with Crippen molar-refractivity contribution in [3.63, 3.8) is 0 Å². The monoisotopic (exact) mass is 267 g/mol. The summed E-state index contributed by atoms with van der Waals surface area (Å²) in [6.45, 7) is 1.71. The molecule has 4 nitrogen and oxygen atoms in total. The van der Waals surface area contributed by atoms with Gasteiger partial charge in [0, 0.05) is 18.0 Å². The smallest absolute Gasteiger partial charge is 0.159 e. The second kappa shape index (κ2) is 4.12. The van der Waals surface area contributed by atoms with Crippen LogP contribution in [0.4, 0.5) is 0 Å². The number of hydrogen-bond donors (Lipinski definition) is 1. The van der Waals surface area contributed by atoms with Crippen molar-refractivity contribution in [1.82, 2.24) is 14.8 Å². The van der Waals surface area contributed by atoms with Crippen molar-refractivity contribution < 1.29 is 5.11 Å². The van der Waals surface area contributed by atoms with Crippen LogP contribution in [0.1, 0.15) is 18.6 Å². The SMILES string of the molecule is CC(O)c1cccnc1-n1cc(Br)cn1. The molecule has 0 fully saturated rings. The van der Waals surface area contributed by atoms with Gasteiger partial charge in [-0.1, -0.05) is 6.07 Å². The van der Waals surface area contributed by atoms with Gasteiger partial charge in [0.05, 0.1) is 16.8 Å². The molecular formula is C10H10BrN3O. The number of pyridine rings is 1. The molecule has 78 valence electrons. The highest BCUT2D eigenvalue weighted by atomic mass is 79.9. The Morgan fingerprint density at radius 1 is 1.53 bits per heavy atom. The average Bonchev–Trinajstić information content (AvgIpc) is 2.65. The number of nitrogens with zero attached hydrogens (tertiary/aromatic N) is 3. The minimum Gasteiger partial charge on any atom is -0.389 e. The maximum absolute atomic E-state index is 9.58. The third-order valence-corrected chi connectivity index (χ3v) is 2.44. The van der Waals surface area contributed by atoms with Gasteiger partial charge in [-0.3, -0.25) is 0 Å². The number of hydrogen-bond acceptors (Lipinski definition) is 3. The van der Waals surface area contributed by atoms with E-state index in [1.807, 2.05) is 6.07 Å². The Hall–Kier alpha value is -1.20. The van der Waals surface area contributed by atoms with Gasteiger partial charge in [-0.05, 0) is 28.9 Å². The van der Waals surface area contributed by atoms with E-state index < -0.39 is 6.10 Å². The van der Waals surface area contributed by atoms with Crippen molar-refractivity contribution in [2.45, 2.75) is 13.0 Å². The molecule has 0 radical (unpaired) electrons. The quantitative estimate of drug-likeness (QED) is 0.907. The third-order valence-electron chi connectivity index (χ3n) is 2.04. The van der Waals surface area contributed by atoms with E-state index in [4.69, 9.17) is 0 Å². The van der Waals surface area contributed by atoms with Crippen LogP contribution in [0.15, 0.2) is 35.2 Å². The molecule has 0 aliphatic rings. The predicted molar refractivity (Wildman–Crippen MR) is 59.7 cm³/mol. The fourth-order valence-electron chi connectivity index (χ4n) is 1.34. The van der Waals surface area contributed by atoms with Crippen LogP contribution in [0.3, 0.4) is 0 Å². The summed E-state index contributed by atoms with van der Waals surface area (Å²) >= 11 is 3.32. The molecule has 0 aliphatic heterocycles. The van der Waals surface area contributed by atoms with Crippen LogP contribution in [-0.2, 0) is 0 Å². The summed E-state index contributed by atoms with van der Waals surface area (Å²) in [5.74, 6) is 0.651.